The molecule has 0 radical (unpaired) electrons. The van der Waals surface area contributed by atoms with Crippen molar-refractivity contribution in [2.75, 3.05) is 23.7 Å². The first-order valence-corrected chi connectivity index (χ1v) is 9.22. The molecular formula is C19H21FN6O. The van der Waals surface area contributed by atoms with Crippen molar-refractivity contribution in [2.45, 2.75) is 25.0 Å². The molecule has 8 heteroatoms. The van der Waals surface area contributed by atoms with Crippen LogP contribution >= 0.6 is 0 Å². The molecule has 1 aliphatic heterocycles. The minimum Gasteiger partial charge on any atom is -0.391 e. The quantitative estimate of drug-likeness (QED) is 0.719. The number of para-hydroxylation sites is 2. The highest BCUT2D eigenvalue weighted by molar-refractivity contribution is 5.75. The minimum atomic E-state index is -0.561. The predicted molar refractivity (Wildman–Crippen MR) is 99.6 cm³/mol. The highest BCUT2D eigenvalue weighted by Crippen LogP contribution is 2.43. The smallest absolute Gasteiger partial charge is 0.207 e. The summed E-state index contributed by atoms with van der Waals surface area (Å²) >= 11 is 0. The number of rotatable bonds is 2. The van der Waals surface area contributed by atoms with Gasteiger partial charge in [-0.05, 0) is 36.8 Å². The molecule has 2 fully saturated rings. The summed E-state index contributed by atoms with van der Waals surface area (Å²) in [4.78, 5) is 14.2. The van der Waals surface area contributed by atoms with E-state index in [1.807, 2.05) is 35.5 Å². The Balaban J connectivity index is 1.41. The van der Waals surface area contributed by atoms with Crippen molar-refractivity contribution in [1.82, 2.24) is 19.5 Å². The standard InChI is InChI=1S/C19H21FN6O/c20-17-18(21)22-9-23-19(17)25-7-11-5-15(16(27)6-12(11)8-25)26-10-24-13-3-1-2-4-14(13)26/h1-4,9-12,15-16,27H,5-8H2,(H2,21,22,23)/t11-,12+,15-,16-/m1/s1. The second kappa shape index (κ2) is 6.16. The summed E-state index contributed by atoms with van der Waals surface area (Å²) in [5.74, 6) is 0.235. The van der Waals surface area contributed by atoms with E-state index in [-0.39, 0.29) is 17.7 Å². The SMILES string of the molecule is Nc1ncnc(N2C[C@H]3C[C@@H](n4cnc5ccccc54)[C@H](O)C[C@H]3C2)c1F. The van der Waals surface area contributed by atoms with E-state index in [1.54, 1.807) is 0 Å². The van der Waals surface area contributed by atoms with Crippen molar-refractivity contribution in [3.8, 4) is 0 Å². The van der Waals surface area contributed by atoms with Crippen LogP contribution in [0.3, 0.4) is 0 Å². The molecule has 2 aliphatic rings. The molecule has 3 aromatic rings. The first kappa shape index (κ1) is 16.4. The lowest BCUT2D eigenvalue weighted by Crippen LogP contribution is -2.36. The Labute approximate surface area is 155 Å². The molecule has 3 N–H and O–H groups in total. The highest BCUT2D eigenvalue weighted by atomic mass is 19.1. The predicted octanol–water partition coefficient (Wildman–Crippen LogP) is 2.00. The zero-order valence-corrected chi connectivity index (χ0v) is 14.7. The fraction of sp³-hybridized carbons (Fsp3) is 0.421. The summed E-state index contributed by atoms with van der Waals surface area (Å²) in [6.07, 6.45) is 4.16. The molecule has 0 spiro atoms. The minimum absolute atomic E-state index is 0.0288. The van der Waals surface area contributed by atoms with Crippen LogP contribution in [0.2, 0.25) is 0 Å². The Morgan fingerprint density at radius 3 is 2.70 bits per heavy atom. The highest BCUT2D eigenvalue weighted by Gasteiger charge is 2.43. The van der Waals surface area contributed by atoms with Crippen LogP contribution in [-0.2, 0) is 0 Å². The molecule has 0 bridgehead atoms. The van der Waals surface area contributed by atoms with E-state index in [1.165, 1.54) is 6.33 Å². The van der Waals surface area contributed by atoms with Crippen molar-refractivity contribution in [3.05, 3.63) is 42.7 Å². The summed E-state index contributed by atoms with van der Waals surface area (Å²) in [7, 11) is 0. The summed E-state index contributed by atoms with van der Waals surface area (Å²) in [6, 6.07) is 7.92. The average molecular weight is 368 g/mol. The first-order valence-electron chi connectivity index (χ1n) is 9.22. The van der Waals surface area contributed by atoms with Crippen LogP contribution in [-0.4, -0.2) is 43.8 Å². The second-order valence-electron chi connectivity index (χ2n) is 7.57. The average Bonchev–Trinajstić information content (AvgIpc) is 3.27. The summed E-state index contributed by atoms with van der Waals surface area (Å²) < 4.78 is 16.4. The van der Waals surface area contributed by atoms with Gasteiger partial charge in [-0.15, -0.1) is 0 Å². The van der Waals surface area contributed by atoms with Gasteiger partial charge in [-0.25, -0.2) is 15.0 Å². The second-order valence-corrected chi connectivity index (χ2v) is 7.57. The van der Waals surface area contributed by atoms with E-state index in [4.69, 9.17) is 5.73 Å². The van der Waals surface area contributed by atoms with Crippen LogP contribution in [0.15, 0.2) is 36.9 Å². The Kier molecular flexibility index (Phi) is 3.75. The summed E-state index contributed by atoms with van der Waals surface area (Å²) in [6.45, 7) is 1.38. The van der Waals surface area contributed by atoms with Crippen molar-refractivity contribution in [1.29, 1.82) is 0 Å². The number of nitrogens with two attached hydrogens (primary N) is 1. The Bertz CT molecular complexity index is 991. The van der Waals surface area contributed by atoms with Gasteiger partial charge in [-0.2, -0.15) is 4.39 Å². The topological polar surface area (TPSA) is 93.1 Å². The van der Waals surface area contributed by atoms with Crippen LogP contribution in [0.1, 0.15) is 18.9 Å². The maximum absolute atomic E-state index is 14.3. The number of halogens is 1. The van der Waals surface area contributed by atoms with Gasteiger partial charge in [0.1, 0.15) is 6.33 Å². The molecule has 7 nitrogen and oxygen atoms in total. The number of aromatic nitrogens is 4. The van der Waals surface area contributed by atoms with Gasteiger partial charge >= 0.3 is 0 Å². The Morgan fingerprint density at radius 2 is 1.85 bits per heavy atom. The first-order chi connectivity index (χ1) is 13.1. The lowest BCUT2D eigenvalue weighted by Gasteiger charge is -2.36. The number of benzene rings is 1. The molecule has 0 amide bonds. The molecule has 2 aromatic heterocycles. The number of fused-ring (bicyclic) bond motifs is 2. The van der Waals surface area contributed by atoms with Gasteiger partial charge in [0.2, 0.25) is 5.82 Å². The third kappa shape index (κ3) is 2.63. The van der Waals surface area contributed by atoms with E-state index in [9.17, 15) is 9.50 Å². The van der Waals surface area contributed by atoms with Gasteiger partial charge in [0, 0.05) is 13.1 Å². The monoisotopic (exact) mass is 368 g/mol. The van der Waals surface area contributed by atoms with E-state index in [2.05, 4.69) is 19.5 Å². The van der Waals surface area contributed by atoms with Crippen LogP contribution in [0, 0.1) is 17.7 Å². The van der Waals surface area contributed by atoms with Crippen molar-refractivity contribution >= 4 is 22.7 Å². The molecule has 4 atom stereocenters. The van der Waals surface area contributed by atoms with Crippen LogP contribution < -0.4 is 10.6 Å². The zero-order valence-electron chi connectivity index (χ0n) is 14.7. The Morgan fingerprint density at radius 1 is 1.07 bits per heavy atom. The molecule has 5 rings (SSSR count). The van der Waals surface area contributed by atoms with Crippen molar-refractivity contribution in [3.63, 3.8) is 0 Å². The molecule has 3 heterocycles. The molecule has 1 aliphatic carbocycles. The maximum atomic E-state index is 14.3. The zero-order chi connectivity index (χ0) is 18.5. The maximum Gasteiger partial charge on any atom is 0.207 e. The largest absolute Gasteiger partial charge is 0.391 e. The number of nitrogen functional groups attached to an aromatic ring is 1. The van der Waals surface area contributed by atoms with Gasteiger partial charge in [-0.1, -0.05) is 12.1 Å². The number of hydrogen-bond acceptors (Lipinski definition) is 6. The van der Waals surface area contributed by atoms with Crippen LogP contribution in [0.25, 0.3) is 11.0 Å². The number of aliphatic hydroxyl groups excluding tert-OH is 1. The lowest BCUT2D eigenvalue weighted by atomic mass is 9.77. The van der Waals surface area contributed by atoms with Gasteiger partial charge in [0.25, 0.3) is 0 Å². The fourth-order valence-corrected chi connectivity index (χ4v) is 4.72. The summed E-state index contributed by atoms with van der Waals surface area (Å²) in [5, 5.41) is 10.8. The van der Waals surface area contributed by atoms with Gasteiger partial charge in [0.05, 0.1) is 29.5 Å². The Hall–Kier alpha value is -2.74. The van der Waals surface area contributed by atoms with Crippen LogP contribution in [0.5, 0.6) is 0 Å². The fourth-order valence-electron chi connectivity index (χ4n) is 4.72. The number of aliphatic hydroxyl groups is 1. The van der Waals surface area contributed by atoms with E-state index >= 15 is 0 Å². The lowest BCUT2D eigenvalue weighted by molar-refractivity contribution is 0.0375. The normalized spacial score (nSPS) is 27.9. The van der Waals surface area contributed by atoms with E-state index in [0.717, 1.165) is 17.5 Å². The van der Waals surface area contributed by atoms with Crippen molar-refractivity contribution < 1.29 is 9.50 Å². The number of imidazole rings is 1. The molecular weight excluding hydrogens is 347 g/mol. The number of hydrogen-bond donors (Lipinski definition) is 2. The number of nitrogens with zero attached hydrogens (tertiary/aromatic N) is 5. The van der Waals surface area contributed by atoms with Gasteiger partial charge in [-0.3, -0.25) is 0 Å². The molecule has 1 saturated carbocycles. The number of anilines is 2. The molecule has 0 unspecified atom stereocenters. The molecule has 140 valence electrons. The van der Waals surface area contributed by atoms with Gasteiger partial charge < -0.3 is 20.3 Å². The third-order valence-electron chi connectivity index (χ3n) is 6.05. The van der Waals surface area contributed by atoms with Crippen LogP contribution in [0.4, 0.5) is 16.0 Å². The molecule has 1 saturated heterocycles. The third-order valence-corrected chi connectivity index (χ3v) is 6.05. The summed E-state index contributed by atoms with van der Waals surface area (Å²) in [5.41, 5.74) is 7.55. The molecule has 1 aromatic carbocycles. The van der Waals surface area contributed by atoms with Gasteiger partial charge in [0.15, 0.2) is 11.6 Å². The van der Waals surface area contributed by atoms with E-state index in [0.29, 0.717) is 31.3 Å². The van der Waals surface area contributed by atoms with E-state index < -0.39 is 11.9 Å². The van der Waals surface area contributed by atoms with Crippen molar-refractivity contribution in [2.24, 2.45) is 11.8 Å². The molecule has 27 heavy (non-hydrogen) atoms.